The fourth-order valence-electron chi connectivity index (χ4n) is 1.90. The van der Waals surface area contributed by atoms with Crippen LogP contribution in [-0.4, -0.2) is 37.1 Å². The number of halogens is 1. The van der Waals surface area contributed by atoms with Gasteiger partial charge in [-0.2, -0.15) is 0 Å². The minimum absolute atomic E-state index is 0.0339. The van der Waals surface area contributed by atoms with Crippen molar-refractivity contribution in [2.45, 2.75) is 13.0 Å². The van der Waals surface area contributed by atoms with Gasteiger partial charge in [-0.05, 0) is 37.3 Å². The second-order valence-electron chi connectivity index (χ2n) is 4.42. The van der Waals surface area contributed by atoms with Crippen molar-refractivity contribution in [1.82, 2.24) is 5.32 Å². The molecule has 0 aromatic heterocycles. The van der Waals surface area contributed by atoms with Crippen molar-refractivity contribution in [3.05, 3.63) is 24.0 Å². The lowest BCUT2D eigenvalue weighted by Gasteiger charge is -2.14. The minimum Gasteiger partial charge on any atom is -0.471 e. The summed E-state index contributed by atoms with van der Waals surface area (Å²) in [6.45, 7) is 2.91. The zero-order valence-corrected chi connectivity index (χ0v) is 12.3. The zero-order valence-electron chi connectivity index (χ0n) is 11.5. The highest BCUT2D eigenvalue weighted by Crippen LogP contribution is 2.24. The number of nitrogen functional groups attached to an aromatic ring is 1. The molecule has 1 fully saturated rings. The molecule has 3 N–H and O–H groups in total. The maximum Gasteiger partial charge on any atom is 0.414 e. The first-order valence-corrected chi connectivity index (χ1v) is 6.86. The first-order chi connectivity index (χ1) is 10.0. The summed E-state index contributed by atoms with van der Waals surface area (Å²) in [5, 5.41) is 3.10. The summed E-state index contributed by atoms with van der Waals surface area (Å²) in [6.07, 6.45) is -0.926. The SMILES string of the molecule is CCOC(=S)NC[C@H]1CN(c2ccc(N)c(F)c2)C(=O)O1. The molecule has 0 radical (unpaired) electrons. The number of hydrogen-bond acceptors (Lipinski definition) is 5. The van der Waals surface area contributed by atoms with Crippen molar-refractivity contribution in [2.24, 2.45) is 0 Å². The van der Waals surface area contributed by atoms with E-state index in [9.17, 15) is 9.18 Å². The van der Waals surface area contributed by atoms with Gasteiger partial charge in [-0.25, -0.2) is 9.18 Å². The molecule has 0 saturated carbocycles. The fraction of sp³-hybridized carbons (Fsp3) is 0.385. The Morgan fingerprint density at radius 3 is 3.10 bits per heavy atom. The molecule has 6 nitrogen and oxygen atoms in total. The molecule has 2 rings (SSSR count). The molecule has 1 amide bonds. The molecule has 1 aliphatic rings. The van der Waals surface area contributed by atoms with E-state index in [0.717, 1.165) is 0 Å². The third-order valence-corrected chi connectivity index (χ3v) is 3.18. The number of hydrogen-bond donors (Lipinski definition) is 2. The van der Waals surface area contributed by atoms with Crippen LogP contribution >= 0.6 is 12.2 Å². The summed E-state index contributed by atoms with van der Waals surface area (Å²) in [6, 6.07) is 4.19. The van der Waals surface area contributed by atoms with Crippen molar-refractivity contribution in [2.75, 3.05) is 30.3 Å². The minimum atomic E-state index is -0.570. The molecular formula is C13H16FN3O3S. The zero-order chi connectivity index (χ0) is 15.4. The first-order valence-electron chi connectivity index (χ1n) is 6.45. The Labute approximate surface area is 127 Å². The van der Waals surface area contributed by atoms with Crippen molar-refractivity contribution >= 4 is 34.9 Å². The molecule has 0 aliphatic carbocycles. The average molecular weight is 313 g/mol. The number of anilines is 2. The van der Waals surface area contributed by atoms with E-state index in [0.29, 0.717) is 25.4 Å². The Morgan fingerprint density at radius 1 is 1.67 bits per heavy atom. The smallest absolute Gasteiger partial charge is 0.414 e. The van der Waals surface area contributed by atoms with Crippen LogP contribution in [0.4, 0.5) is 20.6 Å². The highest BCUT2D eigenvalue weighted by Gasteiger charge is 2.32. The summed E-state index contributed by atoms with van der Waals surface area (Å²) in [5.41, 5.74) is 5.85. The van der Waals surface area contributed by atoms with E-state index in [1.165, 1.54) is 17.0 Å². The van der Waals surface area contributed by atoms with Crippen molar-refractivity contribution in [1.29, 1.82) is 0 Å². The fourth-order valence-corrected chi connectivity index (χ4v) is 2.10. The quantitative estimate of drug-likeness (QED) is 0.650. The number of carbonyl (C=O) groups is 1. The number of thiocarbonyl (C=S) groups is 1. The summed E-state index contributed by atoms with van der Waals surface area (Å²) >= 11 is 4.92. The van der Waals surface area contributed by atoms with Crippen LogP contribution in [0.2, 0.25) is 0 Å². The Bertz CT molecular complexity index is 555. The van der Waals surface area contributed by atoms with E-state index in [2.05, 4.69) is 5.32 Å². The third kappa shape index (κ3) is 3.72. The lowest BCUT2D eigenvalue weighted by Crippen LogP contribution is -2.34. The molecule has 8 heteroatoms. The van der Waals surface area contributed by atoms with E-state index in [-0.39, 0.29) is 10.9 Å². The van der Waals surface area contributed by atoms with Crippen LogP contribution in [0.3, 0.4) is 0 Å². The van der Waals surface area contributed by atoms with E-state index >= 15 is 0 Å². The number of nitrogens with one attached hydrogen (secondary N) is 1. The maximum absolute atomic E-state index is 13.4. The van der Waals surface area contributed by atoms with Gasteiger partial charge < -0.3 is 20.5 Å². The third-order valence-electron chi connectivity index (χ3n) is 2.92. The Morgan fingerprint density at radius 2 is 2.43 bits per heavy atom. The second-order valence-corrected chi connectivity index (χ2v) is 4.79. The number of ether oxygens (including phenoxy) is 2. The monoisotopic (exact) mass is 313 g/mol. The Hall–Kier alpha value is -2.09. The lowest BCUT2D eigenvalue weighted by atomic mass is 10.2. The number of carbonyl (C=O) groups excluding carboxylic acids is 1. The average Bonchev–Trinajstić information content (AvgIpc) is 2.81. The predicted octanol–water partition coefficient (Wildman–Crippen LogP) is 1.64. The van der Waals surface area contributed by atoms with Gasteiger partial charge in [0, 0.05) is 0 Å². The number of rotatable bonds is 4. The number of amides is 1. The number of benzene rings is 1. The topological polar surface area (TPSA) is 76.8 Å². The van der Waals surface area contributed by atoms with Gasteiger partial charge in [0.2, 0.25) is 0 Å². The molecule has 1 heterocycles. The van der Waals surface area contributed by atoms with E-state index in [1.807, 2.05) is 6.92 Å². The van der Waals surface area contributed by atoms with Gasteiger partial charge in [0.1, 0.15) is 11.9 Å². The van der Waals surface area contributed by atoms with Crippen LogP contribution < -0.4 is 16.0 Å². The van der Waals surface area contributed by atoms with Crippen LogP contribution in [-0.2, 0) is 9.47 Å². The van der Waals surface area contributed by atoms with Crippen LogP contribution in [0.5, 0.6) is 0 Å². The Balaban J connectivity index is 1.96. The standard InChI is InChI=1S/C13H16FN3O3S/c1-2-19-12(21)16-6-9-7-17(13(18)20-9)8-3-4-11(15)10(14)5-8/h3-5,9H,2,6-7,15H2,1H3,(H,16,21)/t9-/m0/s1. The van der Waals surface area contributed by atoms with Crippen molar-refractivity contribution < 1.29 is 18.7 Å². The van der Waals surface area contributed by atoms with Crippen molar-refractivity contribution in [3.8, 4) is 0 Å². The van der Waals surface area contributed by atoms with Crippen LogP contribution in [0.1, 0.15) is 6.92 Å². The number of nitrogens with two attached hydrogens (primary N) is 1. The van der Waals surface area contributed by atoms with Gasteiger partial charge in [0.15, 0.2) is 0 Å². The summed E-state index contributed by atoms with van der Waals surface area (Å²) in [5.74, 6) is -0.570. The maximum atomic E-state index is 13.4. The number of cyclic esters (lactones) is 1. The molecule has 0 spiro atoms. The van der Waals surface area contributed by atoms with Crippen molar-refractivity contribution in [3.63, 3.8) is 0 Å². The predicted molar refractivity (Wildman–Crippen MR) is 80.7 cm³/mol. The molecule has 1 aromatic carbocycles. The molecule has 114 valence electrons. The molecule has 1 saturated heterocycles. The summed E-state index contributed by atoms with van der Waals surface area (Å²) in [4.78, 5) is 13.2. The highest BCUT2D eigenvalue weighted by molar-refractivity contribution is 7.80. The van der Waals surface area contributed by atoms with Crippen LogP contribution in [0, 0.1) is 5.82 Å². The molecule has 0 unspecified atom stereocenters. The van der Waals surface area contributed by atoms with E-state index in [4.69, 9.17) is 27.4 Å². The highest BCUT2D eigenvalue weighted by atomic mass is 32.1. The molecule has 1 aromatic rings. The second kappa shape index (κ2) is 6.57. The summed E-state index contributed by atoms with van der Waals surface area (Å²) in [7, 11) is 0. The van der Waals surface area contributed by atoms with Gasteiger partial charge in [-0.3, -0.25) is 4.90 Å². The van der Waals surface area contributed by atoms with Crippen LogP contribution in [0.15, 0.2) is 18.2 Å². The first kappa shape index (κ1) is 15.3. The van der Waals surface area contributed by atoms with Gasteiger partial charge in [-0.15, -0.1) is 0 Å². The van der Waals surface area contributed by atoms with Gasteiger partial charge >= 0.3 is 6.09 Å². The van der Waals surface area contributed by atoms with Crippen LogP contribution in [0.25, 0.3) is 0 Å². The molecule has 1 atom stereocenters. The largest absolute Gasteiger partial charge is 0.471 e. The van der Waals surface area contributed by atoms with Gasteiger partial charge in [-0.1, -0.05) is 0 Å². The lowest BCUT2D eigenvalue weighted by molar-refractivity contribution is 0.141. The molecular weight excluding hydrogens is 297 g/mol. The molecule has 21 heavy (non-hydrogen) atoms. The summed E-state index contributed by atoms with van der Waals surface area (Å²) < 4.78 is 23.7. The van der Waals surface area contributed by atoms with E-state index in [1.54, 1.807) is 6.07 Å². The van der Waals surface area contributed by atoms with Gasteiger partial charge in [0.05, 0.1) is 31.1 Å². The molecule has 1 aliphatic heterocycles. The van der Waals surface area contributed by atoms with E-state index < -0.39 is 18.0 Å². The normalized spacial score (nSPS) is 17.5. The van der Waals surface area contributed by atoms with Gasteiger partial charge in [0.25, 0.3) is 5.17 Å². The number of nitrogens with zero attached hydrogens (tertiary/aromatic N) is 1. The molecule has 0 bridgehead atoms. The Kier molecular flexibility index (Phi) is 4.79.